The average Bonchev–Trinajstić information content (AvgIpc) is 2.84. The zero-order chi connectivity index (χ0) is 24.1. The van der Waals surface area contributed by atoms with Crippen LogP contribution in [0.2, 0.25) is 0 Å². The molecule has 3 aromatic rings. The van der Waals surface area contributed by atoms with Crippen molar-refractivity contribution in [3.05, 3.63) is 64.4 Å². The molecule has 1 N–H and O–H groups in total. The van der Waals surface area contributed by atoms with Gasteiger partial charge in [0.15, 0.2) is 0 Å². The van der Waals surface area contributed by atoms with Crippen LogP contribution in [0.25, 0.3) is 11.3 Å². The standard InChI is InChI=1S/C26H30N4O3S/c1-4-6-11-17-34-26-27-24(32)23-19-12-7-9-14-21(19)29(18(3)31)25(30(23)28-26)20-13-8-10-15-22(20)33-16-5-2/h7-10,12-15,25H,4-6,11,16-17H2,1-3H3/p+1/t25-/m1/s1. The third-order valence-electron chi connectivity index (χ3n) is 5.74. The average molecular weight is 480 g/mol. The summed E-state index contributed by atoms with van der Waals surface area (Å²) in [4.78, 5) is 31.1. The van der Waals surface area contributed by atoms with Gasteiger partial charge in [0.25, 0.3) is 6.17 Å². The summed E-state index contributed by atoms with van der Waals surface area (Å²) in [6.07, 6.45) is 3.52. The molecule has 0 unspecified atom stereocenters. The minimum atomic E-state index is -0.646. The minimum absolute atomic E-state index is 0.139. The molecule has 1 aliphatic heterocycles. The smallest absolute Gasteiger partial charge is 0.325 e. The van der Waals surface area contributed by atoms with Crippen LogP contribution in [-0.2, 0) is 4.79 Å². The predicted molar refractivity (Wildman–Crippen MR) is 134 cm³/mol. The summed E-state index contributed by atoms with van der Waals surface area (Å²) in [6, 6.07) is 15.1. The number of amides is 1. The molecule has 1 atom stereocenters. The van der Waals surface area contributed by atoms with Crippen molar-refractivity contribution in [2.75, 3.05) is 17.3 Å². The lowest BCUT2D eigenvalue weighted by molar-refractivity contribution is -0.763. The number of carbonyl (C=O) groups excluding carboxylic acids is 1. The Bertz CT molecular complexity index is 1230. The van der Waals surface area contributed by atoms with Gasteiger partial charge in [0.2, 0.25) is 11.1 Å². The Kier molecular flexibility index (Phi) is 7.67. The second-order valence-corrected chi connectivity index (χ2v) is 9.36. The number of para-hydroxylation sites is 2. The van der Waals surface area contributed by atoms with Crippen molar-refractivity contribution in [1.82, 2.24) is 10.1 Å². The van der Waals surface area contributed by atoms with Crippen LogP contribution >= 0.6 is 11.8 Å². The molecule has 4 rings (SSSR count). The van der Waals surface area contributed by atoms with Gasteiger partial charge in [-0.25, -0.2) is 4.90 Å². The molecular weight excluding hydrogens is 448 g/mol. The van der Waals surface area contributed by atoms with Gasteiger partial charge < -0.3 is 4.74 Å². The van der Waals surface area contributed by atoms with E-state index < -0.39 is 6.17 Å². The molecule has 0 saturated heterocycles. The second kappa shape index (κ2) is 10.9. The van der Waals surface area contributed by atoms with Crippen LogP contribution < -0.4 is 19.9 Å². The van der Waals surface area contributed by atoms with Gasteiger partial charge in [-0.05, 0) is 41.8 Å². The van der Waals surface area contributed by atoms with Crippen LogP contribution in [0, 0.1) is 0 Å². The van der Waals surface area contributed by atoms with E-state index in [2.05, 4.69) is 18.8 Å². The van der Waals surface area contributed by atoms with Gasteiger partial charge in [0.05, 0.1) is 23.4 Å². The number of H-pyrrole nitrogens is 1. The highest BCUT2D eigenvalue weighted by Crippen LogP contribution is 2.39. The van der Waals surface area contributed by atoms with Crippen molar-refractivity contribution in [1.29, 1.82) is 0 Å². The first-order valence-corrected chi connectivity index (χ1v) is 12.8. The number of hydrogen-bond acceptors (Lipinski definition) is 5. The Morgan fingerprint density at radius 3 is 2.65 bits per heavy atom. The van der Waals surface area contributed by atoms with Crippen LogP contribution in [-0.4, -0.2) is 28.3 Å². The maximum Gasteiger partial charge on any atom is 0.325 e. The van der Waals surface area contributed by atoms with Gasteiger partial charge >= 0.3 is 11.3 Å². The highest BCUT2D eigenvalue weighted by molar-refractivity contribution is 7.99. The number of hydrogen-bond donors (Lipinski definition) is 1. The molecule has 7 nitrogen and oxygen atoms in total. The van der Waals surface area contributed by atoms with Gasteiger partial charge in [-0.15, -0.1) is 0 Å². The van der Waals surface area contributed by atoms with E-state index in [4.69, 9.17) is 9.84 Å². The summed E-state index contributed by atoms with van der Waals surface area (Å²) in [7, 11) is 0. The molecule has 8 heteroatoms. The first-order valence-electron chi connectivity index (χ1n) is 11.9. The monoisotopic (exact) mass is 479 g/mol. The fourth-order valence-corrected chi connectivity index (χ4v) is 5.07. The largest absolute Gasteiger partial charge is 0.493 e. The number of anilines is 1. The molecule has 0 fully saturated rings. The lowest BCUT2D eigenvalue weighted by Gasteiger charge is -2.32. The summed E-state index contributed by atoms with van der Waals surface area (Å²) in [5.74, 6) is 1.40. The number of nitrogens with one attached hydrogen (secondary N) is 1. The van der Waals surface area contributed by atoms with Gasteiger partial charge in [-0.1, -0.05) is 62.7 Å². The van der Waals surface area contributed by atoms with Crippen LogP contribution in [0.1, 0.15) is 58.2 Å². The molecule has 0 bridgehead atoms. The quantitative estimate of drug-likeness (QED) is 0.273. The first kappa shape index (κ1) is 24.0. The number of aromatic amines is 1. The summed E-state index contributed by atoms with van der Waals surface area (Å²) >= 11 is 1.53. The number of benzene rings is 2. The van der Waals surface area contributed by atoms with Gasteiger partial charge in [0, 0.05) is 17.8 Å². The predicted octanol–water partition coefficient (Wildman–Crippen LogP) is 4.71. The Morgan fingerprint density at radius 2 is 1.88 bits per heavy atom. The molecule has 2 heterocycles. The maximum absolute atomic E-state index is 13.4. The molecule has 1 amide bonds. The molecule has 1 aliphatic rings. The van der Waals surface area contributed by atoms with Crippen molar-refractivity contribution < 1.29 is 14.2 Å². The van der Waals surface area contributed by atoms with Crippen molar-refractivity contribution in [3.8, 4) is 17.0 Å². The SMILES string of the molecule is CCCCCSc1n[n+]2c(c(=O)[nH]1)-c1ccccc1N(C(C)=O)[C@H]2c1ccccc1OCCC. The van der Waals surface area contributed by atoms with E-state index >= 15 is 0 Å². The molecule has 0 saturated carbocycles. The summed E-state index contributed by atoms with van der Waals surface area (Å²) in [6.45, 7) is 6.31. The lowest BCUT2D eigenvalue weighted by atomic mass is 10.0. The Labute approximate surface area is 204 Å². The number of aromatic nitrogens is 3. The van der Waals surface area contributed by atoms with Crippen LogP contribution in [0.4, 0.5) is 5.69 Å². The van der Waals surface area contributed by atoms with E-state index in [0.29, 0.717) is 34.5 Å². The zero-order valence-corrected chi connectivity index (χ0v) is 20.7. The van der Waals surface area contributed by atoms with E-state index in [1.807, 2.05) is 48.5 Å². The fourth-order valence-electron chi connectivity index (χ4n) is 4.22. The second-order valence-electron chi connectivity index (χ2n) is 8.27. The molecule has 2 aromatic carbocycles. The highest BCUT2D eigenvalue weighted by Gasteiger charge is 2.46. The summed E-state index contributed by atoms with van der Waals surface area (Å²) in [5, 5.41) is 5.40. The normalized spacial score (nSPS) is 14.4. The molecule has 0 spiro atoms. The number of ether oxygens (including phenoxy) is 1. The van der Waals surface area contributed by atoms with Crippen LogP contribution in [0.3, 0.4) is 0 Å². The van der Waals surface area contributed by atoms with E-state index in [0.717, 1.165) is 37.0 Å². The minimum Gasteiger partial charge on any atom is -0.493 e. The fraction of sp³-hybridized carbons (Fsp3) is 0.385. The number of carbonyl (C=O) groups is 1. The maximum atomic E-state index is 13.4. The molecule has 34 heavy (non-hydrogen) atoms. The Balaban J connectivity index is 1.92. The Morgan fingerprint density at radius 1 is 1.12 bits per heavy atom. The third kappa shape index (κ3) is 4.73. The summed E-state index contributed by atoms with van der Waals surface area (Å²) in [5.41, 5.74) is 2.35. The van der Waals surface area contributed by atoms with E-state index in [1.165, 1.54) is 11.8 Å². The zero-order valence-electron chi connectivity index (χ0n) is 19.9. The van der Waals surface area contributed by atoms with Gasteiger partial charge in [-0.2, -0.15) is 0 Å². The topological polar surface area (TPSA) is 79.2 Å². The molecule has 178 valence electrons. The number of nitrogens with zero attached hydrogens (tertiary/aromatic N) is 3. The molecule has 0 aliphatic carbocycles. The van der Waals surface area contributed by atoms with E-state index in [-0.39, 0.29) is 11.5 Å². The van der Waals surface area contributed by atoms with Crippen molar-refractivity contribution in [2.24, 2.45) is 0 Å². The third-order valence-corrected chi connectivity index (χ3v) is 6.69. The van der Waals surface area contributed by atoms with E-state index in [1.54, 1.807) is 16.5 Å². The molecule has 1 aromatic heterocycles. The number of unbranched alkanes of at least 4 members (excludes halogenated alkanes) is 2. The van der Waals surface area contributed by atoms with Gasteiger partial charge in [0.1, 0.15) is 5.75 Å². The van der Waals surface area contributed by atoms with Crippen LogP contribution in [0.15, 0.2) is 58.5 Å². The molecular formula is C26H31N4O3S+. The number of fused-ring (bicyclic) bond motifs is 3. The van der Waals surface area contributed by atoms with Crippen molar-refractivity contribution in [3.63, 3.8) is 0 Å². The summed E-state index contributed by atoms with van der Waals surface area (Å²) < 4.78 is 7.75. The molecule has 0 radical (unpaired) electrons. The van der Waals surface area contributed by atoms with E-state index in [9.17, 15) is 9.59 Å². The highest BCUT2D eigenvalue weighted by atomic mass is 32.2. The van der Waals surface area contributed by atoms with Crippen molar-refractivity contribution in [2.45, 2.75) is 57.8 Å². The van der Waals surface area contributed by atoms with Crippen LogP contribution in [0.5, 0.6) is 5.75 Å². The lowest BCUT2D eigenvalue weighted by Crippen LogP contribution is -2.60. The Hall–Kier alpha value is -3.13. The number of rotatable bonds is 9. The van der Waals surface area contributed by atoms with Gasteiger partial charge in [-0.3, -0.25) is 14.6 Å². The number of thioether (sulfide) groups is 1. The van der Waals surface area contributed by atoms with Crippen molar-refractivity contribution >= 4 is 23.4 Å². The first-order chi connectivity index (χ1) is 16.6.